The monoisotopic (exact) mass is 226 g/mol. The summed E-state index contributed by atoms with van der Waals surface area (Å²) >= 11 is 0. The Labute approximate surface area is 97.9 Å². The molecule has 0 bridgehead atoms. The van der Waals surface area contributed by atoms with Crippen LogP contribution in [0.15, 0.2) is 0 Å². The van der Waals surface area contributed by atoms with Gasteiger partial charge in [-0.1, -0.05) is 12.8 Å². The topological polar surface area (TPSA) is 54.3 Å². The van der Waals surface area contributed by atoms with Crippen molar-refractivity contribution in [3.05, 3.63) is 0 Å². The van der Waals surface area contributed by atoms with Crippen molar-refractivity contribution in [2.24, 2.45) is 0 Å². The van der Waals surface area contributed by atoms with Crippen molar-refractivity contribution < 1.29 is 9.47 Å². The van der Waals surface area contributed by atoms with Crippen LogP contribution in [-0.4, -0.2) is 32.1 Å². The first-order chi connectivity index (χ1) is 7.63. The third kappa shape index (κ3) is 3.75. The molecule has 1 rings (SSSR count). The van der Waals surface area contributed by atoms with E-state index in [1.54, 1.807) is 14.2 Å². The van der Waals surface area contributed by atoms with E-state index in [0.717, 1.165) is 0 Å². The second kappa shape index (κ2) is 6.19. The van der Waals surface area contributed by atoms with Crippen molar-refractivity contribution in [2.75, 3.05) is 14.2 Å². The average molecular weight is 226 g/mol. The fourth-order valence-corrected chi connectivity index (χ4v) is 2.25. The largest absolute Gasteiger partial charge is 0.356 e. The maximum absolute atomic E-state index is 9.26. The predicted octanol–water partition coefficient (Wildman–Crippen LogP) is 1.81. The summed E-state index contributed by atoms with van der Waals surface area (Å²) in [6.45, 7) is 1.91. The highest BCUT2D eigenvalue weighted by molar-refractivity contribution is 5.06. The lowest BCUT2D eigenvalue weighted by Crippen LogP contribution is -2.48. The quantitative estimate of drug-likeness (QED) is 0.702. The van der Waals surface area contributed by atoms with Gasteiger partial charge in [0.05, 0.1) is 6.07 Å². The minimum atomic E-state index is -0.564. The highest BCUT2D eigenvalue weighted by Crippen LogP contribution is 2.23. The first-order valence-electron chi connectivity index (χ1n) is 5.88. The molecule has 1 atom stereocenters. The summed E-state index contributed by atoms with van der Waals surface area (Å²) in [6, 6.07) is 2.80. The van der Waals surface area contributed by atoms with Crippen LogP contribution in [0.2, 0.25) is 0 Å². The summed E-state index contributed by atoms with van der Waals surface area (Å²) in [5, 5.41) is 12.7. The number of nitrogens with one attached hydrogen (secondary N) is 1. The van der Waals surface area contributed by atoms with Crippen LogP contribution in [0.5, 0.6) is 0 Å². The summed E-state index contributed by atoms with van der Waals surface area (Å²) in [5.41, 5.74) is -0.564. The van der Waals surface area contributed by atoms with E-state index in [0.29, 0.717) is 12.5 Å². The summed E-state index contributed by atoms with van der Waals surface area (Å²) in [4.78, 5) is 0. The third-order valence-corrected chi connectivity index (χ3v) is 3.23. The van der Waals surface area contributed by atoms with Crippen LogP contribution in [0, 0.1) is 11.3 Å². The Morgan fingerprint density at radius 3 is 2.38 bits per heavy atom. The highest BCUT2D eigenvalue weighted by Gasteiger charge is 2.31. The molecule has 4 nitrogen and oxygen atoms in total. The Morgan fingerprint density at radius 2 is 1.94 bits per heavy atom. The van der Waals surface area contributed by atoms with Crippen molar-refractivity contribution in [2.45, 2.75) is 56.9 Å². The van der Waals surface area contributed by atoms with E-state index in [1.807, 2.05) is 6.92 Å². The fourth-order valence-electron chi connectivity index (χ4n) is 2.25. The summed E-state index contributed by atoms with van der Waals surface area (Å²) in [6.07, 6.45) is 5.09. The zero-order chi connectivity index (χ0) is 12.0. The smallest absolute Gasteiger partial charge is 0.159 e. The molecule has 1 fully saturated rings. The zero-order valence-electron chi connectivity index (χ0n) is 10.5. The van der Waals surface area contributed by atoms with Gasteiger partial charge in [0.15, 0.2) is 6.29 Å². The Bertz CT molecular complexity index is 236. The van der Waals surface area contributed by atoms with Crippen molar-refractivity contribution in [3.63, 3.8) is 0 Å². The molecule has 0 aromatic rings. The van der Waals surface area contributed by atoms with Crippen LogP contribution in [0.3, 0.4) is 0 Å². The Balaban J connectivity index is 2.51. The fraction of sp³-hybridized carbons (Fsp3) is 0.917. The number of hydrogen-bond acceptors (Lipinski definition) is 4. The SMILES string of the molecule is COC(CC(C)(C#N)NC1CCCC1)OC. The van der Waals surface area contributed by atoms with Gasteiger partial charge in [0.2, 0.25) is 0 Å². The van der Waals surface area contributed by atoms with Gasteiger partial charge in [0.1, 0.15) is 5.54 Å². The van der Waals surface area contributed by atoms with E-state index in [4.69, 9.17) is 9.47 Å². The normalized spacial score (nSPS) is 20.9. The van der Waals surface area contributed by atoms with Crippen LogP contribution in [-0.2, 0) is 9.47 Å². The molecule has 0 aromatic heterocycles. The van der Waals surface area contributed by atoms with Gasteiger partial charge < -0.3 is 9.47 Å². The third-order valence-electron chi connectivity index (χ3n) is 3.23. The zero-order valence-corrected chi connectivity index (χ0v) is 10.5. The average Bonchev–Trinajstić information content (AvgIpc) is 2.78. The van der Waals surface area contributed by atoms with Crippen LogP contribution < -0.4 is 5.32 Å². The van der Waals surface area contributed by atoms with E-state index < -0.39 is 5.54 Å². The molecule has 1 unspecified atom stereocenters. The van der Waals surface area contributed by atoms with Crippen LogP contribution >= 0.6 is 0 Å². The molecule has 0 spiro atoms. The van der Waals surface area contributed by atoms with Crippen molar-refractivity contribution in [3.8, 4) is 6.07 Å². The Hall–Kier alpha value is -0.630. The molecular formula is C12H22N2O2. The standard InChI is InChI=1S/C12H22N2O2/c1-12(9-13,8-11(15-2)16-3)14-10-6-4-5-7-10/h10-11,14H,4-8H2,1-3H3. The maximum Gasteiger partial charge on any atom is 0.159 e. The van der Waals surface area contributed by atoms with Gasteiger partial charge in [-0.3, -0.25) is 5.32 Å². The van der Waals surface area contributed by atoms with Crippen LogP contribution in [0.1, 0.15) is 39.0 Å². The molecule has 4 heteroatoms. The minimum absolute atomic E-state index is 0.321. The van der Waals surface area contributed by atoms with Gasteiger partial charge >= 0.3 is 0 Å². The molecule has 0 heterocycles. The van der Waals surface area contributed by atoms with Gasteiger partial charge in [-0.25, -0.2) is 0 Å². The molecule has 92 valence electrons. The Morgan fingerprint density at radius 1 is 1.38 bits per heavy atom. The molecule has 0 radical (unpaired) electrons. The van der Waals surface area contributed by atoms with Crippen LogP contribution in [0.25, 0.3) is 0 Å². The van der Waals surface area contributed by atoms with Crippen molar-refractivity contribution in [1.29, 1.82) is 5.26 Å². The Kier molecular flexibility index (Phi) is 5.20. The molecular weight excluding hydrogens is 204 g/mol. The number of nitrogens with zero attached hydrogens (tertiary/aromatic N) is 1. The first kappa shape index (κ1) is 13.4. The minimum Gasteiger partial charge on any atom is -0.356 e. The molecule has 0 saturated heterocycles. The second-order valence-corrected chi connectivity index (χ2v) is 4.67. The maximum atomic E-state index is 9.26. The van der Waals surface area contributed by atoms with Gasteiger partial charge in [-0.05, 0) is 19.8 Å². The molecule has 1 aliphatic rings. The highest BCUT2D eigenvalue weighted by atomic mass is 16.7. The van der Waals surface area contributed by atoms with Gasteiger partial charge in [0, 0.05) is 26.7 Å². The summed E-state index contributed by atoms with van der Waals surface area (Å²) in [7, 11) is 3.20. The lowest BCUT2D eigenvalue weighted by Gasteiger charge is -2.30. The van der Waals surface area contributed by atoms with E-state index in [9.17, 15) is 5.26 Å². The molecule has 16 heavy (non-hydrogen) atoms. The number of ether oxygens (including phenoxy) is 2. The molecule has 1 aliphatic carbocycles. The van der Waals surface area contributed by atoms with Crippen molar-refractivity contribution >= 4 is 0 Å². The van der Waals surface area contributed by atoms with Crippen molar-refractivity contribution in [1.82, 2.24) is 5.32 Å². The van der Waals surface area contributed by atoms with E-state index >= 15 is 0 Å². The number of hydrogen-bond donors (Lipinski definition) is 1. The first-order valence-corrected chi connectivity index (χ1v) is 5.88. The lowest BCUT2D eigenvalue weighted by atomic mass is 9.97. The summed E-state index contributed by atoms with van der Waals surface area (Å²) < 4.78 is 10.3. The van der Waals surface area contributed by atoms with Gasteiger partial charge in [-0.15, -0.1) is 0 Å². The lowest BCUT2D eigenvalue weighted by molar-refractivity contribution is -0.114. The molecule has 1 N–H and O–H groups in total. The van der Waals surface area contributed by atoms with E-state index in [1.165, 1.54) is 25.7 Å². The number of rotatable bonds is 6. The van der Waals surface area contributed by atoms with Gasteiger partial charge in [-0.2, -0.15) is 5.26 Å². The molecule has 0 aromatic carbocycles. The number of nitriles is 1. The van der Waals surface area contributed by atoms with Crippen LogP contribution in [0.4, 0.5) is 0 Å². The van der Waals surface area contributed by atoms with E-state index in [2.05, 4.69) is 11.4 Å². The number of methoxy groups -OCH3 is 2. The molecule has 0 amide bonds. The second-order valence-electron chi connectivity index (χ2n) is 4.67. The molecule has 1 saturated carbocycles. The predicted molar refractivity (Wildman–Crippen MR) is 61.8 cm³/mol. The van der Waals surface area contributed by atoms with E-state index in [-0.39, 0.29) is 6.29 Å². The summed E-state index contributed by atoms with van der Waals surface area (Å²) in [5.74, 6) is 0. The van der Waals surface area contributed by atoms with Gasteiger partial charge in [0.25, 0.3) is 0 Å². The molecule has 0 aliphatic heterocycles.